The van der Waals surface area contributed by atoms with Crippen LogP contribution in [-0.4, -0.2) is 191 Å². The average Bonchev–Trinajstić information content (AvgIpc) is 0.766. The SMILES string of the molecule is CN[C@H](CC(C)C)C(=O)N[C@H]1C(=O)N[C@@H](CC(N)=O)C(=O)N[C@H]2C(=O)N[C@H]3C(=O)N[C@H](C(=O)N[C@H](C(=O)O)c4cc(O)cc(O)c4-c4cc3ccc4O)[C@H](O)c3ccc(c(Cl)c3)Oc3cc2cc(c3O[C@@H]2O[C@H](CO)[C@@H](O)[C@H](O)[C@H]2O[C@H]2C[C@](C)(NCc3ccc(Oc4ccccc4)cc3)[C@@H](O)[C@H](C)O2)Oc2ccc(cc2Cl)[C@H]1O. The lowest BCUT2D eigenvalue weighted by Gasteiger charge is -2.48. The first-order valence-electron chi connectivity index (χ1n) is 36.4. The number of ether oxygens (including phenoxy) is 7. The molecule has 7 aliphatic heterocycles. The molecule has 36 heteroatoms. The fraction of sp³-hybridized carbons (Fsp3) is 0.367. The molecular weight excluding hydrogens is 1550 g/mol. The third-order valence-electron chi connectivity index (χ3n) is 20.3. The number of hydrogen-bond acceptors (Lipinski definition) is 26. The minimum absolute atomic E-state index is 0.107. The van der Waals surface area contributed by atoms with Crippen LogP contribution in [0.4, 0.5) is 0 Å². The number of carboxylic acid groups (broad SMARTS) is 1. The maximum Gasteiger partial charge on any atom is 0.330 e. The molecule has 7 aliphatic rings. The number of aliphatic hydroxyl groups excluding tert-OH is 6. The number of primary amides is 1. The van der Waals surface area contributed by atoms with Crippen LogP contribution in [0.25, 0.3) is 11.1 Å². The van der Waals surface area contributed by atoms with Crippen molar-refractivity contribution in [2.45, 2.75) is 163 Å². The molecular formula is C79H85Cl2N9O25. The fourth-order valence-corrected chi connectivity index (χ4v) is 14.7. The van der Waals surface area contributed by atoms with Crippen molar-refractivity contribution in [3.63, 3.8) is 0 Å². The molecule has 0 aliphatic carbocycles. The standard InChI is InChI=1S/C79H85Cl2N9O25/c1-33(2)21-47(83-5)71(101)89-62-64(96)37-14-19-51(45(80)23-37)111-53-25-39-26-54(68(53)115-78-69(67(99)66(98)55(32-91)113-78)114-57-30-79(4,70(100)34(3)109-57)84-31-35-11-16-42(17-12-35)110-41-9-7-6-8-10-41)112-52-20-15-38(24-46(52)81)65(97)63-76(106)88-61(77(107)108)44-27-40(92)28-50(94)58(44)43-22-36(13-18-49(43)93)59(73(103)90-63)87-74(104)60(39)86-72(102)48(29-56(82)95)85-75(62)105/h6-20,22-28,33-34,47-48,55,57,59-67,69-70,78,83-84,91-94,96-100H,21,29-32H2,1-5H3,(H2,82,95)(H,85,105)(H,86,102)(H,87,104)(H,88,106)(H,89,101)(H,90,103)(H,107,108)/t34-,47+,48-,55+,57-,59+,60+,61-,62+,63-,64+,65+,66+,67-,69+,70-,78-,79-/m0/s1. The lowest BCUT2D eigenvalue weighted by molar-refractivity contribution is -0.334. The third-order valence-corrected chi connectivity index (χ3v) is 20.9. The molecule has 0 saturated carbocycles. The number of phenols is 3. The highest BCUT2D eigenvalue weighted by Gasteiger charge is 2.52. The number of amides is 7. The summed E-state index contributed by atoms with van der Waals surface area (Å²) in [5, 5.41) is 136. The number of carboxylic acids is 1. The highest BCUT2D eigenvalue weighted by Crippen LogP contribution is 2.50. The number of nitrogens with two attached hydrogens (primary N) is 1. The number of nitrogens with one attached hydrogen (secondary N) is 8. The molecule has 7 heterocycles. The van der Waals surface area contributed by atoms with Crippen LogP contribution in [0, 0.1) is 5.92 Å². The van der Waals surface area contributed by atoms with Crippen LogP contribution in [0.1, 0.15) is 111 Å². The Labute approximate surface area is 666 Å². The molecule has 11 bridgehead atoms. The lowest BCUT2D eigenvalue weighted by Crippen LogP contribution is -2.65. The number of likely N-dealkylation sites (N-methyl/N-ethyl adjacent to an activating group) is 1. The van der Waals surface area contributed by atoms with Gasteiger partial charge in [0.25, 0.3) is 0 Å². The zero-order chi connectivity index (χ0) is 82.8. The Kier molecular flexibility index (Phi) is 25.4. The maximum absolute atomic E-state index is 16.2. The summed E-state index contributed by atoms with van der Waals surface area (Å²) >= 11 is 14.3. The molecule has 2 saturated heterocycles. The molecule has 14 rings (SSSR count). The lowest BCUT2D eigenvalue weighted by atomic mass is 9.84. The van der Waals surface area contributed by atoms with Crippen molar-refractivity contribution >= 4 is 70.5 Å². The van der Waals surface area contributed by atoms with Gasteiger partial charge in [0.05, 0.1) is 41.3 Å². The van der Waals surface area contributed by atoms with E-state index in [-0.39, 0.29) is 52.8 Å². The number of phenolic OH excluding ortho intramolecular Hbond substituents is 3. The summed E-state index contributed by atoms with van der Waals surface area (Å²) in [7, 11) is 1.48. The van der Waals surface area contributed by atoms with E-state index in [2.05, 4.69) is 42.5 Å². The topological polar surface area (TPSA) is 526 Å². The summed E-state index contributed by atoms with van der Waals surface area (Å²) < 4.78 is 45.4. The Balaban J connectivity index is 1.04. The predicted molar refractivity (Wildman–Crippen MR) is 405 cm³/mol. The maximum atomic E-state index is 16.2. The Morgan fingerprint density at radius 3 is 1.90 bits per heavy atom. The zero-order valence-corrected chi connectivity index (χ0v) is 63.6. The van der Waals surface area contributed by atoms with E-state index in [4.69, 9.17) is 62.1 Å². The van der Waals surface area contributed by atoms with Crippen molar-refractivity contribution < 1.29 is 123 Å². The summed E-state index contributed by atoms with van der Waals surface area (Å²) in [6, 6.07) is 15.7. The van der Waals surface area contributed by atoms with Crippen LogP contribution >= 0.6 is 23.2 Å². The predicted octanol–water partition coefficient (Wildman–Crippen LogP) is 3.73. The van der Waals surface area contributed by atoms with Gasteiger partial charge >= 0.3 is 5.97 Å². The van der Waals surface area contributed by atoms with E-state index in [1.165, 1.54) is 19.2 Å². The Bertz CT molecular complexity index is 4860. The van der Waals surface area contributed by atoms with Gasteiger partial charge in [-0.3, -0.25) is 33.6 Å². The van der Waals surface area contributed by atoms with Crippen LogP contribution in [0.15, 0.2) is 133 Å². The molecule has 0 aromatic heterocycles. The first-order chi connectivity index (χ1) is 54.7. The Morgan fingerprint density at radius 2 is 1.29 bits per heavy atom. The van der Waals surface area contributed by atoms with E-state index in [0.717, 1.165) is 72.3 Å². The molecule has 610 valence electrons. The largest absolute Gasteiger partial charge is 0.508 e. The van der Waals surface area contributed by atoms with Crippen LogP contribution < -0.4 is 67.2 Å². The summed E-state index contributed by atoms with van der Waals surface area (Å²) in [4.78, 5) is 118. The number of benzene rings is 7. The molecule has 7 aromatic rings. The van der Waals surface area contributed by atoms with Crippen molar-refractivity contribution in [3.05, 3.63) is 177 Å². The van der Waals surface area contributed by atoms with Crippen molar-refractivity contribution in [2.24, 2.45) is 11.7 Å². The molecule has 115 heavy (non-hydrogen) atoms. The van der Waals surface area contributed by atoms with E-state index >= 15 is 14.4 Å². The van der Waals surface area contributed by atoms with E-state index in [0.29, 0.717) is 11.5 Å². The van der Waals surface area contributed by atoms with Gasteiger partial charge in [0.15, 0.2) is 29.9 Å². The van der Waals surface area contributed by atoms with Gasteiger partial charge in [0.2, 0.25) is 53.4 Å². The molecule has 18 atom stereocenters. The van der Waals surface area contributed by atoms with E-state index in [9.17, 15) is 75.0 Å². The average molecular weight is 1630 g/mol. The Morgan fingerprint density at radius 1 is 0.670 bits per heavy atom. The number of rotatable bonds is 18. The first kappa shape index (κ1) is 83.5. The number of hydrogen-bond donors (Lipinski definition) is 19. The molecule has 0 spiro atoms. The summed E-state index contributed by atoms with van der Waals surface area (Å²) in [6.07, 6.45) is -18.7. The van der Waals surface area contributed by atoms with Gasteiger partial charge in [-0.15, -0.1) is 0 Å². The fourth-order valence-electron chi connectivity index (χ4n) is 14.2. The highest BCUT2D eigenvalue weighted by molar-refractivity contribution is 6.32. The summed E-state index contributed by atoms with van der Waals surface area (Å²) in [5.41, 5.74) is 2.45. The number of carbonyl (C=O) groups excluding carboxylic acids is 7. The van der Waals surface area contributed by atoms with Crippen LogP contribution in [0.3, 0.4) is 0 Å². The van der Waals surface area contributed by atoms with Crippen LogP contribution in [0.2, 0.25) is 10.0 Å². The number of aliphatic hydroxyl groups is 6. The number of aromatic hydroxyl groups is 3. The van der Waals surface area contributed by atoms with E-state index in [1.807, 2.05) is 44.2 Å². The second kappa shape index (κ2) is 35.0. The zero-order valence-electron chi connectivity index (χ0n) is 62.1. The van der Waals surface area contributed by atoms with Crippen molar-refractivity contribution in [1.29, 1.82) is 0 Å². The Hall–Kier alpha value is -11.0. The van der Waals surface area contributed by atoms with Gasteiger partial charge in [-0.05, 0) is 140 Å². The highest BCUT2D eigenvalue weighted by atomic mass is 35.5. The molecule has 2 fully saturated rings. The minimum atomic E-state index is -2.36. The smallest absolute Gasteiger partial charge is 0.330 e. The minimum Gasteiger partial charge on any atom is -0.508 e. The van der Waals surface area contributed by atoms with Crippen molar-refractivity contribution in [2.75, 3.05) is 13.7 Å². The van der Waals surface area contributed by atoms with E-state index in [1.54, 1.807) is 38.1 Å². The molecule has 0 unspecified atom stereocenters. The van der Waals surface area contributed by atoms with Crippen molar-refractivity contribution in [3.8, 4) is 68.6 Å². The molecule has 7 amide bonds. The van der Waals surface area contributed by atoms with E-state index < -0.39 is 237 Å². The van der Waals surface area contributed by atoms with Gasteiger partial charge in [-0.25, -0.2) is 4.79 Å². The number of fused-ring (bicyclic) bond motifs is 15. The number of aliphatic carboxylic acids is 1. The van der Waals surface area contributed by atoms with Gasteiger partial charge < -0.3 is 132 Å². The second-order valence-corrected chi connectivity index (χ2v) is 29.9. The molecule has 34 nitrogen and oxygen atoms in total. The van der Waals surface area contributed by atoms with Crippen molar-refractivity contribution in [1.82, 2.24) is 42.5 Å². The van der Waals surface area contributed by atoms with Gasteiger partial charge in [0.1, 0.15) is 101 Å². The molecule has 0 radical (unpaired) electrons. The van der Waals surface area contributed by atoms with Crippen LogP contribution in [-0.2, 0) is 59.1 Å². The number of carbonyl (C=O) groups is 8. The first-order valence-corrected chi connectivity index (χ1v) is 37.2. The third kappa shape index (κ3) is 18.4. The molecule has 20 N–H and O–H groups in total. The van der Waals surface area contributed by atoms with Gasteiger partial charge in [-0.1, -0.05) is 85.6 Å². The molecule has 7 aromatic carbocycles. The van der Waals surface area contributed by atoms with Crippen LogP contribution in [0.5, 0.6) is 57.5 Å². The quantitative estimate of drug-likeness (QED) is 0.0582. The number of halogens is 2. The normalized spacial score (nSPS) is 27.2. The van der Waals surface area contributed by atoms with Gasteiger partial charge in [-0.2, -0.15) is 0 Å². The summed E-state index contributed by atoms with van der Waals surface area (Å²) in [6.45, 7) is 6.11. The second-order valence-electron chi connectivity index (χ2n) is 29.0. The summed E-state index contributed by atoms with van der Waals surface area (Å²) in [5.74, 6) is -14.9. The monoisotopic (exact) mass is 1630 g/mol. The van der Waals surface area contributed by atoms with Gasteiger partial charge in [0, 0.05) is 41.3 Å². The number of para-hydroxylation sites is 1.